The summed E-state index contributed by atoms with van der Waals surface area (Å²) in [5.74, 6) is -8.32. The van der Waals surface area contributed by atoms with Gasteiger partial charge in [-0.2, -0.15) is 0 Å². The second-order valence-corrected chi connectivity index (χ2v) is 14.6. The first-order valence-corrected chi connectivity index (χ1v) is 19.3. The Balaban J connectivity index is 2.84. The third kappa shape index (κ3) is 15.7. The molecule has 2 heterocycles. The molecular formula is C37H53NO20S. The van der Waals surface area contributed by atoms with Crippen LogP contribution >= 0.6 is 11.8 Å². The molecule has 59 heavy (non-hydrogen) atoms. The zero-order valence-corrected chi connectivity index (χ0v) is 35.2. The van der Waals surface area contributed by atoms with Gasteiger partial charge >= 0.3 is 47.8 Å². The predicted octanol–water partition coefficient (Wildman–Crippen LogP) is 0.744. The van der Waals surface area contributed by atoms with Gasteiger partial charge in [0.2, 0.25) is 10.8 Å². The van der Waals surface area contributed by atoms with Crippen LogP contribution in [0, 0.1) is 0 Å². The topological polar surface area (TPSA) is 267 Å². The zero-order chi connectivity index (χ0) is 44.6. The lowest BCUT2D eigenvalue weighted by atomic mass is 9.89. The Morgan fingerprint density at radius 1 is 0.780 bits per heavy atom. The molecule has 2 aliphatic rings. The first-order chi connectivity index (χ1) is 27.6. The van der Waals surface area contributed by atoms with Crippen LogP contribution in [0.4, 0.5) is 0 Å². The van der Waals surface area contributed by atoms with E-state index in [1.54, 1.807) is 6.08 Å². The number of unbranched alkanes of at least 4 members (excludes halogenated alkanes) is 1. The van der Waals surface area contributed by atoms with Gasteiger partial charge < -0.3 is 57.4 Å². The van der Waals surface area contributed by atoms with Crippen molar-refractivity contribution in [3.05, 3.63) is 12.7 Å². The van der Waals surface area contributed by atoms with Crippen molar-refractivity contribution in [2.75, 3.05) is 26.1 Å². The van der Waals surface area contributed by atoms with Gasteiger partial charge in [-0.15, -0.1) is 18.3 Å². The highest BCUT2D eigenvalue weighted by molar-refractivity contribution is 8.01. The van der Waals surface area contributed by atoms with Gasteiger partial charge in [0.1, 0.15) is 24.9 Å². The molecular weight excluding hydrogens is 810 g/mol. The van der Waals surface area contributed by atoms with Crippen LogP contribution in [-0.2, 0) is 95.3 Å². The fraction of sp³-hybridized carbons (Fsp3) is 0.703. The number of methoxy groups -OCH3 is 1. The van der Waals surface area contributed by atoms with E-state index >= 15 is 0 Å². The molecule has 0 aromatic carbocycles. The van der Waals surface area contributed by atoms with Crippen LogP contribution in [-0.4, -0.2) is 146 Å². The average Bonchev–Trinajstić information content (AvgIpc) is 3.11. The number of hydrogen-bond donors (Lipinski definition) is 1. The Morgan fingerprint density at radius 2 is 1.36 bits per heavy atom. The van der Waals surface area contributed by atoms with E-state index in [2.05, 4.69) is 11.9 Å². The predicted molar refractivity (Wildman–Crippen MR) is 198 cm³/mol. The third-order valence-electron chi connectivity index (χ3n) is 8.31. The summed E-state index contributed by atoms with van der Waals surface area (Å²) in [5.41, 5.74) is 0. The molecule has 1 N–H and O–H groups in total. The fourth-order valence-electron chi connectivity index (χ4n) is 6.31. The minimum atomic E-state index is -2.29. The quantitative estimate of drug-likeness (QED) is 0.0765. The van der Waals surface area contributed by atoms with Crippen molar-refractivity contribution in [1.82, 2.24) is 5.32 Å². The van der Waals surface area contributed by atoms with Crippen LogP contribution in [0.3, 0.4) is 0 Å². The number of amides is 1. The van der Waals surface area contributed by atoms with Crippen LogP contribution in [0.5, 0.6) is 0 Å². The maximum Gasteiger partial charge on any atom is 0.348 e. The SMILES string of the molecule is C=CCCCO[C@@H]1O[C@H](CS[C@]2(C(=O)OC)C[C@H](OC(C)=O)[C@@H](NC(C)=O)[C@H]([C@H](OC(C)=O)[C@@H](COC(C)=O)OC(C)=O)O2)[C@@H](OC(C)=O)[C@H](OC(C)=O)[C@H]1OC(C)=O. The molecule has 0 aromatic rings. The lowest BCUT2D eigenvalue weighted by Gasteiger charge is -2.49. The number of thioether (sulfide) groups is 1. The molecule has 0 aromatic heterocycles. The zero-order valence-electron chi connectivity index (χ0n) is 34.4. The van der Waals surface area contributed by atoms with Gasteiger partial charge in [0.25, 0.3) is 0 Å². The normalized spacial score (nSPS) is 27.3. The van der Waals surface area contributed by atoms with E-state index in [0.29, 0.717) is 24.6 Å². The van der Waals surface area contributed by atoms with E-state index in [9.17, 15) is 43.2 Å². The first kappa shape index (κ1) is 50.3. The van der Waals surface area contributed by atoms with Crippen LogP contribution in [0.2, 0.25) is 0 Å². The van der Waals surface area contributed by atoms with Gasteiger partial charge in [-0.3, -0.25) is 38.4 Å². The molecule has 0 unspecified atom stereocenters. The van der Waals surface area contributed by atoms with Crippen molar-refractivity contribution in [1.29, 1.82) is 0 Å². The van der Waals surface area contributed by atoms with Gasteiger partial charge in [-0.05, 0) is 12.8 Å². The van der Waals surface area contributed by atoms with Crippen molar-refractivity contribution >= 4 is 65.4 Å². The van der Waals surface area contributed by atoms with Gasteiger partial charge in [-0.1, -0.05) is 6.08 Å². The number of nitrogens with one attached hydrogen (secondary N) is 1. The lowest BCUT2D eigenvalue weighted by Crippen LogP contribution is -2.68. The summed E-state index contributed by atoms with van der Waals surface area (Å²) in [6.07, 6.45) is -11.8. The molecule has 0 spiro atoms. The molecule has 2 fully saturated rings. The van der Waals surface area contributed by atoms with Crippen LogP contribution in [0.1, 0.15) is 74.7 Å². The molecule has 22 heteroatoms. The van der Waals surface area contributed by atoms with Gasteiger partial charge in [0.05, 0.1) is 19.8 Å². The van der Waals surface area contributed by atoms with E-state index < -0.39 is 139 Å². The molecule has 332 valence electrons. The molecule has 21 nitrogen and oxygen atoms in total. The number of carbonyl (C=O) groups is 9. The Bertz CT molecular complexity index is 1550. The molecule has 11 atom stereocenters. The second-order valence-electron chi connectivity index (χ2n) is 13.3. The van der Waals surface area contributed by atoms with Crippen molar-refractivity contribution in [3.63, 3.8) is 0 Å². The Hall–Kier alpha value is -4.80. The highest BCUT2D eigenvalue weighted by atomic mass is 32.2. The summed E-state index contributed by atoms with van der Waals surface area (Å²) in [4.78, 5) is 111. The van der Waals surface area contributed by atoms with E-state index in [4.69, 9.17) is 52.1 Å². The average molecular weight is 864 g/mol. The van der Waals surface area contributed by atoms with Gasteiger partial charge in [-0.25, -0.2) is 4.79 Å². The monoisotopic (exact) mass is 863 g/mol. The Labute approximate surface area is 345 Å². The number of ether oxygens (including phenoxy) is 11. The summed E-state index contributed by atoms with van der Waals surface area (Å²) < 4.78 is 62.2. The molecule has 0 bridgehead atoms. The highest BCUT2D eigenvalue weighted by Crippen LogP contribution is 2.44. The summed E-state index contributed by atoms with van der Waals surface area (Å²) in [7, 11) is 1.02. The minimum absolute atomic E-state index is 0.0409. The highest BCUT2D eigenvalue weighted by Gasteiger charge is 2.60. The molecule has 2 rings (SSSR count). The van der Waals surface area contributed by atoms with Crippen molar-refractivity contribution in [2.45, 2.75) is 141 Å². The lowest BCUT2D eigenvalue weighted by molar-refractivity contribution is -0.300. The minimum Gasteiger partial charge on any atom is -0.466 e. The largest absolute Gasteiger partial charge is 0.466 e. The fourth-order valence-corrected chi connectivity index (χ4v) is 7.68. The number of allylic oxidation sites excluding steroid dienone is 1. The van der Waals surface area contributed by atoms with Crippen molar-refractivity contribution in [3.8, 4) is 0 Å². The van der Waals surface area contributed by atoms with E-state index in [0.717, 1.165) is 62.5 Å². The Morgan fingerprint density at radius 3 is 1.86 bits per heavy atom. The second kappa shape index (κ2) is 23.7. The third-order valence-corrected chi connectivity index (χ3v) is 9.70. The number of esters is 8. The molecule has 0 radical (unpaired) electrons. The molecule has 2 saturated heterocycles. The molecule has 1 amide bonds. The number of carbonyl (C=O) groups excluding carboxylic acids is 9. The standard InChI is InChI=1S/C37H53NO20S/c1-11-12-13-14-49-35-34(56-25(9)46)33(55-24(8)45)31(54-23(7)44)28(57-35)17-59-37(36(47)48-10)15-26(51-20(4)41)29(38-18(2)39)32(58-37)30(53-22(6)43)27(52-21(5)42)16-50-19(3)40/h11,26-35H,1,12-17H2,2-10H3,(H,38,39)/t26-,27+,28+,29+,30+,31+,32+,33-,34+,35+,37-/m0/s1. The van der Waals surface area contributed by atoms with E-state index in [1.165, 1.54) is 0 Å². The molecule has 0 aliphatic carbocycles. The van der Waals surface area contributed by atoms with E-state index in [1.807, 2.05) is 0 Å². The smallest absolute Gasteiger partial charge is 0.348 e. The maximum absolute atomic E-state index is 14.0. The van der Waals surface area contributed by atoms with Gasteiger partial charge in [0.15, 0.2) is 36.8 Å². The van der Waals surface area contributed by atoms with E-state index in [-0.39, 0.29) is 6.61 Å². The number of rotatable bonds is 20. The van der Waals surface area contributed by atoms with Gasteiger partial charge in [0, 0.05) is 67.6 Å². The van der Waals surface area contributed by atoms with Crippen molar-refractivity contribution < 1.29 is 95.3 Å². The van der Waals surface area contributed by atoms with Crippen LogP contribution in [0.25, 0.3) is 0 Å². The molecule has 0 saturated carbocycles. The first-order valence-electron chi connectivity index (χ1n) is 18.4. The maximum atomic E-state index is 14.0. The van der Waals surface area contributed by atoms with Crippen LogP contribution in [0.15, 0.2) is 12.7 Å². The Kier molecular flexibility index (Phi) is 20.2. The summed E-state index contributed by atoms with van der Waals surface area (Å²) >= 11 is 0.653. The number of hydrogen-bond acceptors (Lipinski definition) is 21. The summed E-state index contributed by atoms with van der Waals surface area (Å²) in [6, 6.07) is -1.43. The van der Waals surface area contributed by atoms with Crippen LogP contribution < -0.4 is 5.32 Å². The summed E-state index contributed by atoms with van der Waals surface area (Å²) in [6.45, 7) is 11.5. The van der Waals surface area contributed by atoms with Crippen molar-refractivity contribution in [2.24, 2.45) is 0 Å². The summed E-state index contributed by atoms with van der Waals surface area (Å²) in [5, 5.41) is 2.58. The molecule has 2 aliphatic heterocycles.